The van der Waals surface area contributed by atoms with E-state index in [0.29, 0.717) is 16.8 Å². The van der Waals surface area contributed by atoms with Gasteiger partial charge in [-0.05, 0) is 6.07 Å². The number of nitrogens with two attached hydrogens (primary N) is 1. The van der Waals surface area contributed by atoms with Crippen molar-refractivity contribution in [1.82, 2.24) is 0 Å². The summed E-state index contributed by atoms with van der Waals surface area (Å²) in [5.41, 5.74) is 6.95. The Labute approximate surface area is 133 Å². The molecule has 120 valence electrons. The van der Waals surface area contributed by atoms with E-state index in [1.54, 1.807) is 43.3 Å². The summed E-state index contributed by atoms with van der Waals surface area (Å²) in [5.74, 6) is -0.204. The van der Waals surface area contributed by atoms with Crippen LogP contribution >= 0.6 is 0 Å². The minimum Gasteiger partial charge on any atom is -0.375 e. The highest BCUT2D eigenvalue weighted by molar-refractivity contribution is 6.14. The molecule has 0 aromatic heterocycles. The van der Waals surface area contributed by atoms with Crippen molar-refractivity contribution < 1.29 is 9.72 Å². The molecule has 7 nitrogen and oxygen atoms in total. The molecule has 0 heterocycles. The minimum absolute atomic E-state index is 0.0185. The summed E-state index contributed by atoms with van der Waals surface area (Å²) in [6.45, 7) is 0.0185. The fraction of sp³-hybridized carbons (Fsp3) is 0.188. The SMILES string of the molecule is CN(C)c1c(C(=O)c2ccccc2)ccc([N+](=O)[O-])c1NCN. The average molecular weight is 314 g/mol. The van der Waals surface area contributed by atoms with Crippen molar-refractivity contribution in [2.24, 2.45) is 5.73 Å². The molecule has 23 heavy (non-hydrogen) atoms. The van der Waals surface area contributed by atoms with Crippen LogP contribution in [0.15, 0.2) is 42.5 Å². The monoisotopic (exact) mass is 314 g/mol. The lowest BCUT2D eigenvalue weighted by molar-refractivity contribution is -0.383. The molecule has 2 aromatic carbocycles. The number of nitro groups is 1. The summed E-state index contributed by atoms with van der Waals surface area (Å²) in [4.78, 5) is 25.2. The van der Waals surface area contributed by atoms with Gasteiger partial charge in [0.05, 0.1) is 17.3 Å². The number of nitrogens with one attached hydrogen (secondary N) is 1. The van der Waals surface area contributed by atoms with Crippen LogP contribution in [0.5, 0.6) is 0 Å². The zero-order valence-electron chi connectivity index (χ0n) is 12.9. The second-order valence-corrected chi connectivity index (χ2v) is 5.08. The third-order valence-electron chi connectivity index (χ3n) is 3.36. The van der Waals surface area contributed by atoms with Crippen molar-refractivity contribution in [3.05, 3.63) is 63.7 Å². The first-order chi connectivity index (χ1) is 11.0. The first-order valence-electron chi connectivity index (χ1n) is 6.99. The largest absolute Gasteiger partial charge is 0.375 e. The second-order valence-electron chi connectivity index (χ2n) is 5.08. The summed E-state index contributed by atoms with van der Waals surface area (Å²) in [6.07, 6.45) is 0. The van der Waals surface area contributed by atoms with E-state index in [1.165, 1.54) is 12.1 Å². The van der Waals surface area contributed by atoms with Crippen LogP contribution in [0.25, 0.3) is 0 Å². The summed E-state index contributed by atoms with van der Waals surface area (Å²) in [7, 11) is 3.45. The standard InChI is InChI=1S/C16H18N4O3/c1-19(2)15-12(16(21)11-6-4-3-5-7-11)8-9-13(20(22)23)14(15)18-10-17/h3-9,18H,10,17H2,1-2H3. The molecule has 0 unspecified atom stereocenters. The van der Waals surface area contributed by atoms with Crippen molar-refractivity contribution in [2.75, 3.05) is 31.0 Å². The van der Waals surface area contributed by atoms with Crippen molar-refractivity contribution in [3.63, 3.8) is 0 Å². The van der Waals surface area contributed by atoms with Gasteiger partial charge in [-0.1, -0.05) is 30.3 Å². The molecule has 7 heteroatoms. The molecule has 0 radical (unpaired) electrons. The van der Waals surface area contributed by atoms with Crippen LogP contribution in [0, 0.1) is 10.1 Å². The molecule has 0 atom stereocenters. The van der Waals surface area contributed by atoms with Gasteiger partial charge < -0.3 is 16.0 Å². The quantitative estimate of drug-likeness (QED) is 0.367. The molecular weight excluding hydrogens is 296 g/mol. The van der Waals surface area contributed by atoms with E-state index in [9.17, 15) is 14.9 Å². The van der Waals surface area contributed by atoms with E-state index in [0.717, 1.165) is 0 Å². The summed E-state index contributed by atoms with van der Waals surface area (Å²) in [6, 6.07) is 11.6. The maximum Gasteiger partial charge on any atom is 0.294 e. The van der Waals surface area contributed by atoms with Gasteiger partial charge in [-0.25, -0.2) is 0 Å². The number of rotatable bonds is 6. The van der Waals surface area contributed by atoms with E-state index in [4.69, 9.17) is 5.73 Å². The number of anilines is 2. The molecule has 2 aromatic rings. The van der Waals surface area contributed by atoms with E-state index < -0.39 is 4.92 Å². The van der Waals surface area contributed by atoms with Gasteiger partial charge >= 0.3 is 0 Å². The third-order valence-corrected chi connectivity index (χ3v) is 3.36. The predicted octanol–water partition coefficient (Wildman–Crippen LogP) is 2.22. The number of carbonyl (C=O) groups excluding carboxylic acids is 1. The predicted molar refractivity (Wildman–Crippen MR) is 90.0 cm³/mol. The van der Waals surface area contributed by atoms with Gasteiger partial charge in [0.15, 0.2) is 5.78 Å². The minimum atomic E-state index is -0.498. The lowest BCUT2D eigenvalue weighted by atomic mass is 9.99. The molecule has 0 saturated heterocycles. The molecule has 0 spiro atoms. The Morgan fingerprint density at radius 2 is 1.87 bits per heavy atom. The summed E-state index contributed by atoms with van der Waals surface area (Å²) in [5, 5.41) is 14.0. The average Bonchev–Trinajstić information content (AvgIpc) is 2.54. The van der Waals surface area contributed by atoms with Gasteiger partial charge in [0.25, 0.3) is 5.69 Å². The highest BCUT2D eigenvalue weighted by Gasteiger charge is 2.25. The number of carbonyl (C=O) groups is 1. The normalized spacial score (nSPS) is 10.2. The Morgan fingerprint density at radius 1 is 1.22 bits per heavy atom. The molecule has 0 aliphatic heterocycles. The van der Waals surface area contributed by atoms with E-state index in [-0.39, 0.29) is 23.8 Å². The van der Waals surface area contributed by atoms with E-state index >= 15 is 0 Å². The van der Waals surface area contributed by atoms with Gasteiger partial charge in [0, 0.05) is 31.3 Å². The Bertz CT molecular complexity index is 730. The van der Waals surface area contributed by atoms with Crippen LogP contribution in [0.3, 0.4) is 0 Å². The maximum atomic E-state index is 12.8. The Morgan fingerprint density at radius 3 is 2.39 bits per heavy atom. The highest BCUT2D eigenvalue weighted by Crippen LogP contribution is 2.38. The highest BCUT2D eigenvalue weighted by atomic mass is 16.6. The number of ketones is 1. The second kappa shape index (κ2) is 6.89. The maximum absolute atomic E-state index is 12.8. The molecule has 0 aliphatic rings. The van der Waals surface area contributed by atoms with Crippen molar-refractivity contribution >= 4 is 22.8 Å². The van der Waals surface area contributed by atoms with Crippen molar-refractivity contribution in [3.8, 4) is 0 Å². The van der Waals surface area contributed by atoms with Crippen molar-refractivity contribution in [2.45, 2.75) is 0 Å². The molecule has 0 amide bonds. The van der Waals surface area contributed by atoms with Gasteiger partial charge in [-0.15, -0.1) is 0 Å². The zero-order valence-corrected chi connectivity index (χ0v) is 12.9. The summed E-state index contributed by atoms with van der Waals surface area (Å²) < 4.78 is 0. The Hall–Kier alpha value is -2.93. The van der Waals surface area contributed by atoms with Crippen LogP contribution in [0.4, 0.5) is 17.1 Å². The first-order valence-corrected chi connectivity index (χ1v) is 6.99. The number of nitro benzene ring substituents is 1. The third kappa shape index (κ3) is 3.29. The molecule has 2 rings (SSSR count). The molecular formula is C16H18N4O3. The van der Waals surface area contributed by atoms with Crippen LogP contribution in [0.2, 0.25) is 0 Å². The van der Waals surface area contributed by atoms with Crippen LogP contribution < -0.4 is 16.0 Å². The van der Waals surface area contributed by atoms with Gasteiger partial charge in [0.2, 0.25) is 0 Å². The summed E-state index contributed by atoms with van der Waals surface area (Å²) >= 11 is 0. The fourth-order valence-corrected chi connectivity index (χ4v) is 2.40. The first kappa shape index (κ1) is 16.4. The number of hydrogen-bond donors (Lipinski definition) is 2. The molecule has 3 N–H and O–H groups in total. The van der Waals surface area contributed by atoms with E-state index in [1.807, 2.05) is 6.07 Å². The molecule has 0 aliphatic carbocycles. The van der Waals surface area contributed by atoms with Gasteiger partial charge in [-0.3, -0.25) is 14.9 Å². The van der Waals surface area contributed by atoms with Crippen molar-refractivity contribution in [1.29, 1.82) is 0 Å². The number of benzene rings is 2. The lowest BCUT2D eigenvalue weighted by Crippen LogP contribution is -2.20. The molecule has 0 bridgehead atoms. The van der Waals surface area contributed by atoms with Gasteiger partial charge in [0.1, 0.15) is 5.69 Å². The van der Waals surface area contributed by atoms with Crippen LogP contribution in [0.1, 0.15) is 15.9 Å². The Balaban J connectivity index is 2.67. The molecule has 0 fully saturated rings. The zero-order chi connectivity index (χ0) is 17.0. The fourth-order valence-electron chi connectivity index (χ4n) is 2.40. The smallest absolute Gasteiger partial charge is 0.294 e. The number of nitrogens with zero attached hydrogens (tertiary/aromatic N) is 2. The van der Waals surface area contributed by atoms with Crippen LogP contribution in [-0.2, 0) is 0 Å². The molecule has 0 saturated carbocycles. The van der Waals surface area contributed by atoms with Gasteiger partial charge in [-0.2, -0.15) is 0 Å². The lowest BCUT2D eigenvalue weighted by Gasteiger charge is -2.21. The van der Waals surface area contributed by atoms with Crippen LogP contribution in [-0.4, -0.2) is 31.5 Å². The van der Waals surface area contributed by atoms with E-state index in [2.05, 4.69) is 5.32 Å². The Kier molecular flexibility index (Phi) is 4.92. The topological polar surface area (TPSA) is 102 Å². The number of hydrogen-bond acceptors (Lipinski definition) is 6.